The predicted molar refractivity (Wildman–Crippen MR) is 128 cm³/mol. The van der Waals surface area contributed by atoms with Crippen LogP contribution in [0.25, 0.3) is 5.76 Å². The van der Waals surface area contributed by atoms with Crippen LogP contribution in [0.4, 0.5) is 0 Å². The molecule has 0 bridgehead atoms. The number of rotatable bonds is 9. The minimum Gasteiger partial charge on any atom is -0.507 e. The molecule has 1 fully saturated rings. The van der Waals surface area contributed by atoms with E-state index in [9.17, 15) is 19.5 Å². The van der Waals surface area contributed by atoms with Crippen molar-refractivity contribution in [1.29, 1.82) is 0 Å². The second-order valence-corrected chi connectivity index (χ2v) is 8.10. The van der Waals surface area contributed by atoms with Crippen LogP contribution in [0, 0.1) is 0 Å². The number of methoxy groups -OCH3 is 3. The zero-order valence-electron chi connectivity index (χ0n) is 19.8. The van der Waals surface area contributed by atoms with Crippen molar-refractivity contribution >= 4 is 35.0 Å². The maximum absolute atomic E-state index is 13.2. The molecule has 1 aliphatic heterocycles. The number of aliphatic hydroxyl groups excluding tert-OH is 1. The Morgan fingerprint density at radius 2 is 1.80 bits per heavy atom. The summed E-state index contributed by atoms with van der Waals surface area (Å²) in [6.45, 7) is 1.83. The summed E-state index contributed by atoms with van der Waals surface area (Å²) in [5, 5.41) is 11.5. The Labute approximate surface area is 207 Å². The van der Waals surface area contributed by atoms with Crippen LogP contribution in [0.5, 0.6) is 17.2 Å². The molecule has 2 aromatic carbocycles. The second kappa shape index (κ2) is 11.2. The molecule has 0 radical (unpaired) electrons. The molecule has 10 heteroatoms. The average Bonchev–Trinajstić information content (AvgIpc) is 3.08. The third-order valence-electron chi connectivity index (χ3n) is 5.45. The van der Waals surface area contributed by atoms with Crippen LogP contribution >= 0.6 is 11.6 Å². The van der Waals surface area contributed by atoms with Crippen LogP contribution in [-0.4, -0.2) is 62.1 Å². The number of ether oxygens (including phenoxy) is 4. The molecule has 1 unspecified atom stereocenters. The number of amides is 1. The monoisotopic (exact) mass is 503 g/mol. The van der Waals surface area contributed by atoms with Crippen molar-refractivity contribution in [1.82, 2.24) is 4.90 Å². The molecule has 3 rings (SSSR count). The first kappa shape index (κ1) is 26.1. The van der Waals surface area contributed by atoms with Crippen molar-refractivity contribution in [2.24, 2.45) is 0 Å². The molecule has 2 aromatic rings. The van der Waals surface area contributed by atoms with Gasteiger partial charge in [-0.05, 0) is 30.2 Å². The maximum atomic E-state index is 13.2. The van der Waals surface area contributed by atoms with Crippen LogP contribution in [0.3, 0.4) is 0 Å². The van der Waals surface area contributed by atoms with E-state index in [4.69, 9.17) is 30.5 Å². The number of carbonyl (C=O) groups excluding carboxylic acids is 3. The fourth-order valence-electron chi connectivity index (χ4n) is 3.94. The SMILES string of the molecule is COCCCN1C(=O)C(=O)/C(=C(/O)c2cc(Cl)c(OC)cc2OC)C1c1cccc(OC(C)=O)c1. The van der Waals surface area contributed by atoms with E-state index >= 15 is 0 Å². The number of hydrogen-bond acceptors (Lipinski definition) is 8. The molecule has 0 spiro atoms. The fourth-order valence-corrected chi connectivity index (χ4v) is 4.18. The van der Waals surface area contributed by atoms with Crippen LogP contribution in [0.15, 0.2) is 42.0 Å². The molecule has 186 valence electrons. The third-order valence-corrected chi connectivity index (χ3v) is 5.75. The topological polar surface area (TPSA) is 112 Å². The van der Waals surface area contributed by atoms with E-state index in [1.165, 1.54) is 45.3 Å². The summed E-state index contributed by atoms with van der Waals surface area (Å²) in [7, 11) is 4.36. The van der Waals surface area contributed by atoms with E-state index in [0.29, 0.717) is 24.3 Å². The van der Waals surface area contributed by atoms with Crippen molar-refractivity contribution in [3.63, 3.8) is 0 Å². The van der Waals surface area contributed by atoms with Gasteiger partial charge in [-0.2, -0.15) is 0 Å². The maximum Gasteiger partial charge on any atom is 0.308 e. The van der Waals surface area contributed by atoms with Gasteiger partial charge in [0.25, 0.3) is 11.7 Å². The highest BCUT2D eigenvalue weighted by atomic mass is 35.5. The lowest BCUT2D eigenvalue weighted by Crippen LogP contribution is -2.31. The third kappa shape index (κ3) is 5.41. The Bertz CT molecular complexity index is 1180. The highest BCUT2D eigenvalue weighted by Crippen LogP contribution is 2.43. The highest BCUT2D eigenvalue weighted by Gasteiger charge is 2.46. The molecular weight excluding hydrogens is 478 g/mol. The van der Waals surface area contributed by atoms with Crippen LogP contribution < -0.4 is 14.2 Å². The number of aliphatic hydroxyl groups is 1. The Morgan fingerprint density at radius 3 is 2.43 bits per heavy atom. The van der Waals surface area contributed by atoms with Crippen LogP contribution in [-0.2, 0) is 19.1 Å². The quantitative estimate of drug-likeness (QED) is 0.137. The zero-order chi connectivity index (χ0) is 25.7. The summed E-state index contributed by atoms with van der Waals surface area (Å²) in [5.74, 6) is -1.87. The largest absolute Gasteiger partial charge is 0.507 e. The van der Waals surface area contributed by atoms with E-state index in [-0.39, 0.29) is 34.2 Å². The second-order valence-electron chi connectivity index (χ2n) is 7.69. The number of esters is 1. The summed E-state index contributed by atoms with van der Waals surface area (Å²) in [6.07, 6.45) is 0.460. The first-order chi connectivity index (χ1) is 16.7. The van der Waals surface area contributed by atoms with Gasteiger partial charge < -0.3 is 29.0 Å². The van der Waals surface area contributed by atoms with Gasteiger partial charge in [-0.25, -0.2) is 0 Å². The number of carbonyl (C=O) groups is 3. The van der Waals surface area contributed by atoms with Gasteiger partial charge in [0, 0.05) is 33.3 Å². The molecule has 1 atom stereocenters. The van der Waals surface area contributed by atoms with Gasteiger partial charge in [0.2, 0.25) is 0 Å². The molecule has 9 nitrogen and oxygen atoms in total. The molecule has 1 aliphatic rings. The first-order valence-corrected chi connectivity index (χ1v) is 11.1. The summed E-state index contributed by atoms with van der Waals surface area (Å²) in [4.78, 5) is 39.1. The van der Waals surface area contributed by atoms with E-state index < -0.39 is 29.5 Å². The lowest BCUT2D eigenvalue weighted by molar-refractivity contribution is -0.140. The lowest BCUT2D eigenvalue weighted by atomic mass is 9.94. The molecule has 35 heavy (non-hydrogen) atoms. The smallest absolute Gasteiger partial charge is 0.308 e. The minimum absolute atomic E-state index is 0.120. The van der Waals surface area contributed by atoms with Crippen molar-refractivity contribution in [3.05, 3.63) is 58.1 Å². The lowest BCUT2D eigenvalue weighted by Gasteiger charge is -2.25. The number of halogens is 1. The molecule has 1 amide bonds. The number of Topliss-reactive ketones (excluding diaryl/α,β-unsaturated/α-hetero) is 1. The Morgan fingerprint density at radius 1 is 1.09 bits per heavy atom. The zero-order valence-corrected chi connectivity index (χ0v) is 20.5. The minimum atomic E-state index is -0.951. The molecule has 0 aliphatic carbocycles. The molecule has 0 aromatic heterocycles. The molecule has 1 N–H and O–H groups in total. The van der Waals surface area contributed by atoms with Gasteiger partial charge in [0.05, 0.1) is 36.4 Å². The van der Waals surface area contributed by atoms with Gasteiger partial charge in [-0.1, -0.05) is 23.7 Å². The molecule has 0 saturated carbocycles. The Balaban J connectivity index is 2.22. The number of ketones is 1. The number of nitrogens with zero attached hydrogens (tertiary/aromatic N) is 1. The standard InChI is InChI=1S/C25H26ClNO8/c1-14(28)35-16-8-5-7-15(11-16)22-21(24(30)25(31)27(22)9-6-10-32-2)23(29)17-12-18(26)20(34-4)13-19(17)33-3/h5,7-8,11-13,22,29H,6,9-10H2,1-4H3/b23-21+. The number of likely N-dealkylation sites (tertiary alicyclic amines) is 1. The number of hydrogen-bond donors (Lipinski definition) is 1. The van der Waals surface area contributed by atoms with E-state index in [1.54, 1.807) is 24.3 Å². The molecule has 1 saturated heterocycles. The summed E-state index contributed by atoms with van der Waals surface area (Å²) in [6, 6.07) is 8.36. The average molecular weight is 504 g/mol. The van der Waals surface area contributed by atoms with Gasteiger partial charge >= 0.3 is 5.97 Å². The van der Waals surface area contributed by atoms with Gasteiger partial charge in [0.1, 0.15) is 23.0 Å². The van der Waals surface area contributed by atoms with Gasteiger partial charge in [-0.15, -0.1) is 0 Å². The van der Waals surface area contributed by atoms with E-state index in [2.05, 4.69) is 0 Å². The van der Waals surface area contributed by atoms with Crippen LogP contribution in [0.1, 0.15) is 30.5 Å². The summed E-state index contributed by atoms with van der Waals surface area (Å²) < 4.78 is 20.9. The summed E-state index contributed by atoms with van der Waals surface area (Å²) >= 11 is 6.27. The highest BCUT2D eigenvalue weighted by molar-refractivity contribution is 6.46. The number of benzene rings is 2. The predicted octanol–water partition coefficient (Wildman–Crippen LogP) is 3.74. The normalized spacial score (nSPS) is 16.9. The van der Waals surface area contributed by atoms with Crippen molar-refractivity contribution < 1.29 is 38.4 Å². The van der Waals surface area contributed by atoms with Gasteiger partial charge in [0.15, 0.2) is 0 Å². The van der Waals surface area contributed by atoms with E-state index in [1.807, 2.05) is 0 Å². The fraction of sp³-hybridized carbons (Fsp3) is 0.320. The van der Waals surface area contributed by atoms with Crippen molar-refractivity contribution in [3.8, 4) is 17.2 Å². The van der Waals surface area contributed by atoms with E-state index in [0.717, 1.165) is 0 Å². The Kier molecular flexibility index (Phi) is 8.37. The first-order valence-electron chi connectivity index (χ1n) is 10.7. The van der Waals surface area contributed by atoms with Gasteiger partial charge in [-0.3, -0.25) is 14.4 Å². The van der Waals surface area contributed by atoms with Crippen LogP contribution in [0.2, 0.25) is 5.02 Å². The Hall–Kier alpha value is -3.56. The summed E-state index contributed by atoms with van der Waals surface area (Å²) in [5.41, 5.74) is 0.446. The van der Waals surface area contributed by atoms with Crippen molar-refractivity contribution in [2.45, 2.75) is 19.4 Å². The molecular formula is C25H26ClNO8. The van der Waals surface area contributed by atoms with Crippen molar-refractivity contribution in [2.75, 3.05) is 34.5 Å². The molecule has 1 heterocycles.